The van der Waals surface area contributed by atoms with Crippen molar-refractivity contribution in [3.8, 4) is 5.75 Å². The SMILES string of the molecule is COc1ccc(S(=O)(=O)N2CC(C)OC(c3ccccc3)C2)cc1C. The normalized spacial score (nSPS) is 21.9. The van der Waals surface area contributed by atoms with Crippen LogP contribution in [-0.2, 0) is 14.8 Å². The molecule has 2 atom stereocenters. The highest BCUT2D eigenvalue weighted by molar-refractivity contribution is 7.89. The van der Waals surface area contributed by atoms with E-state index >= 15 is 0 Å². The van der Waals surface area contributed by atoms with Crippen LogP contribution in [0.15, 0.2) is 53.4 Å². The molecular weight excluding hydrogens is 338 g/mol. The Labute approximate surface area is 149 Å². The first kappa shape index (κ1) is 17.9. The zero-order chi connectivity index (χ0) is 18.0. The van der Waals surface area contributed by atoms with E-state index < -0.39 is 10.0 Å². The van der Waals surface area contributed by atoms with Crippen molar-refractivity contribution in [1.29, 1.82) is 0 Å². The van der Waals surface area contributed by atoms with Crippen LogP contribution in [0.2, 0.25) is 0 Å². The monoisotopic (exact) mass is 361 g/mol. The number of hydrogen-bond donors (Lipinski definition) is 0. The fourth-order valence-corrected chi connectivity index (χ4v) is 4.72. The van der Waals surface area contributed by atoms with E-state index in [2.05, 4.69) is 0 Å². The number of rotatable bonds is 4. The summed E-state index contributed by atoms with van der Waals surface area (Å²) >= 11 is 0. The molecule has 5 nitrogen and oxygen atoms in total. The molecule has 0 aliphatic carbocycles. The van der Waals surface area contributed by atoms with E-state index in [1.807, 2.05) is 44.2 Å². The summed E-state index contributed by atoms with van der Waals surface area (Å²) in [6.07, 6.45) is -0.438. The predicted molar refractivity (Wildman–Crippen MR) is 96.2 cm³/mol. The largest absolute Gasteiger partial charge is 0.496 e. The highest BCUT2D eigenvalue weighted by Crippen LogP contribution is 2.30. The molecule has 25 heavy (non-hydrogen) atoms. The van der Waals surface area contributed by atoms with Crippen LogP contribution in [-0.4, -0.2) is 39.0 Å². The maximum Gasteiger partial charge on any atom is 0.243 e. The van der Waals surface area contributed by atoms with Gasteiger partial charge in [-0.1, -0.05) is 30.3 Å². The second kappa shape index (κ2) is 7.15. The number of sulfonamides is 1. The van der Waals surface area contributed by atoms with Crippen molar-refractivity contribution >= 4 is 10.0 Å². The summed E-state index contributed by atoms with van der Waals surface area (Å²) in [4.78, 5) is 0.284. The van der Waals surface area contributed by atoms with Crippen molar-refractivity contribution in [3.63, 3.8) is 0 Å². The molecule has 134 valence electrons. The Kier molecular flexibility index (Phi) is 5.13. The molecule has 6 heteroatoms. The fraction of sp³-hybridized carbons (Fsp3) is 0.368. The third kappa shape index (κ3) is 3.71. The molecule has 1 saturated heterocycles. The third-order valence-electron chi connectivity index (χ3n) is 4.40. The van der Waals surface area contributed by atoms with Crippen LogP contribution in [0.1, 0.15) is 24.2 Å². The maximum atomic E-state index is 13.1. The van der Waals surface area contributed by atoms with E-state index in [0.29, 0.717) is 18.8 Å². The lowest BCUT2D eigenvalue weighted by Crippen LogP contribution is -2.45. The number of morpholine rings is 1. The van der Waals surface area contributed by atoms with Gasteiger partial charge in [-0.15, -0.1) is 0 Å². The van der Waals surface area contributed by atoms with Crippen molar-refractivity contribution in [3.05, 3.63) is 59.7 Å². The van der Waals surface area contributed by atoms with Gasteiger partial charge in [0, 0.05) is 13.1 Å². The molecule has 2 aromatic rings. The van der Waals surface area contributed by atoms with E-state index in [9.17, 15) is 8.42 Å². The van der Waals surface area contributed by atoms with Gasteiger partial charge < -0.3 is 9.47 Å². The number of hydrogen-bond acceptors (Lipinski definition) is 4. The summed E-state index contributed by atoms with van der Waals surface area (Å²) in [5.74, 6) is 0.677. The van der Waals surface area contributed by atoms with Crippen molar-refractivity contribution in [2.24, 2.45) is 0 Å². The van der Waals surface area contributed by atoms with Gasteiger partial charge in [-0.3, -0.25) is 0 Å². The molecule has 2 aromatic carbocycles. The van der Waals surface area contributed by atoms with Crippen LogP contribution >= 0.6 is 0 Å². The van der Waals surface area contributed by atoms with Gasteiger partial charge in [0.15, 0.2) is 0 Å². The average molecular weight is 361 g/mol. The van der Waals surface area contributed by atoms with Crippen LogP contribution in [0.3, 0.4) is 0 Å². The summed E-state index contributed by atoms with van der Waals surface area (Å²) in [5, 5.41) is 0. The van der Waals surface area contributed by atoms with Gasteiger partial charge in [-0.25, -0.2) is 8.42 Å². The Bertz CT molecular complexity index is 836. The molecule has 0 saturated carbocycles. The molecular formula is C19H23NO4S. The first-order valence-electron chi connectivity index (χ1n) is 8.27. The lowest BCUT2D eigenvalue weighted by Gasteiger charge is -2.36. The minimum absolute atomic E-state index is 0.173. The molecule has 0 spiro atoms. The summed E-state index contributed by atoms with van der Waals surface area (Å²) < 4.78 is 38.9. The van der Waals surface area contributed by atoms with E-state index in [4.69, 9.17) is 9.47 Å². The molecule has 1 aliphatic rings. The number of nitrogens with zero attached hydrogens (tertiary/aromatic N) is 1. The standard InChI is InChI=1S/C19H23NO4S/c1-14-11-17(9-10-18(14)23-3)25(21,22)20-12-15(2)24-19(13-20)16-7-5-4-6-8-16/h4-11,15,19H,12-13H2,1-3H3. The van der Waals surface area contributed by atoms with Crippen LogP contribution in [0.4, 0.5) is 0 Å². The molecule has 3 rings (SSSR count). The van der Waals surface area contributed by atoms with Crippen molar-refractivity contribution < 1.29 is 17.9 Å². The molecule has 1 aliphatic heterocycles. The Morgan fingerprint density at radius 2 is 1.84 bits per heavy atom. The molecule has 0 amide bonds. The van der Waals surface area contributed by atoms with Crippen molar-refractivity contribution in [1.82, 2.24) is 4.31 Å². The molecule has 1 heterocycles. The van der Waals surface area contributed by atoms with E-state index in [1.165, 1.54) is 4.31 Å². The third-order valence-corrected chi connectivity index (χ3v) is 6.23. The summed E-state index contributed by atoms with van der Waals surface area (Å²) in [7, 11) is -2.01. The second-order valence-electron chi connectivity index (χ2n) is 6.30. The van der Waals surface area contributed by atoms with Gasteiger partial charge in [0.2, 0.25) is 10.0 Å². The zero-order valence-electron chi connectivity index (χ0n) is 14.7. The molecule has 2 unspecified atom stereocenters. The first-order valence-corrected chi connectivity index (χ1v) is 9.71. The van der Waals surface area contributed by atoms with Crippen LogP contribution in [0, 0.1) is 6.92 Å². The zero-order valence-corrected chi connectivity index (χ0v) is 15.5. The van der Waals surface area contributed by atoms with Crippen molar-refractivity contribution in [2.75, 3.05) is 20.2 Å². The van der Waals surface area contributed by atoms with E-state index in [0.717, 1.165) is 11.1 Å². The van der Waals surface area contributed by atoms with Crippen LogP contribution < -0.4 is 4.74 Å². The predicted octanol–water partition coefficient (Wildman–Crippen LogP) is 3.15. The van der Waals surface area contributed by atoms with Gasteiger partial charge in [-0.05, 0) is 43.2 Å². The minimum atomic E-state index is -3.59. The quantitative estimate of drug-likeness (QED) is 0.839. The Hall–Kier alpha value is -1.89. The Morgan fingerprint density at radius 1 is 1.12 bits per heavy atom. The lowest BCUT2D eigenvalue weighted by atomic mass is 10.1. The number of benzene rings is 2. The number of aryl methyl sites for hydroxylation is 1. The van der Waals surface area contributed by atoms with Gasteiger partial charge in [0.05, 0.1) is 24.2 Å². The summed E-state index contributed by atoms with van der Waals surface area (Å²) in [6.45, 7) is 4.39. The minimum Gasteiger partial charge on any atom is -0.496 e. The van der Waals surface area contributed by atoms with Crippen molar-refractivity contribution in [2.45, 2.75) is 31.0 Å². The molecule has 0 bridgehead atoms. The highest BCUT2D eigenvalue weighted by Gasteiger charge is 2.34. The number of methoxy groups -OCH3 is 1. The van der Waals surface area contributed by atoms with Gasteiger partial charge in [-0.2, -0.15) is 4.31 Å². The molecule has 0 radical (unpaired) electrons. The van der Waals surface area contributed by atoms with E-state index in [1.54, 1.807) is 25.3 Å². The van der Waals surface area contributed by atoms with Gasteiger partial charge in [0.1, 0.15) is 5.75 Å². The fourth-order valence-electron chi connectivity index (χ4n) is 3.12. The molecule has 0 aromatic heterocycles. The maximum absolute atomic E-state index is 13.1. The van der Waals surface area contributed by atoms with E-state index in [-0.39, 0.29) is 17.1 Å². The van der Waals surface area contributed by atoms with Crippen LogP contribution in [0.25, 0.3) is 0 Å². The van der Waals surface area contributed by atoms with Gasteiger partial charge in [0.25, 0.3) is 0 Å². The van der Waals surface area contributed by atoms with Gasteiger partial charge >= 0.3 is 0 Å². The molecule has 0 N–H and O–H groups in total. The number of ether oxygens (including phenoxy) is 2. The smallest absolute Gasteiger partial charge is 0.243 e. The van der Waals surface area contributed by atoms with Crippen LogP contribution in [0.5, 0.6) is 5.75 Å². The topological polar surface area (TPSA) is 55.8 Å². The first-order chi connectivity index (χ1) is 11.9. The Balaban J connectivity index is 1.89. The second-order valence-corrected chi connectivity index (χ2v) is 8.24. The highest BCUT2D eigenvalue weighted by atomic mass is 32.2. The Morgan fingerprint density at radius 3 is 2.48 bits per heavy atom. The molecule has 1 fully saturated rings. The summed E-state index contributed by atoms with van der Waals surface area (Å²) in [6, 6.07) is 14.7. The summed E-state index contributed by atoms with van der Waals surface area (Å²) in [5.41, 5.74) is 1.78. The average Bonchev–Trinajstić information content (AvgIpc) is 2.62. The lowest BCUT2D eigenvalue weighted by molar-refractivity contribution is -0.0557.